The normalized spacial score (nSPS) is 12.5. The molecule has 0 saturated heterocycles. The van der Waals surface area contributed by atoms with E-state index in [2.05, 4.69) is 58.7 Å². The van der Waals surface area contributed by atoms with Gasteiger partial charge in [-0.05, 0) is 32.3 Å². The lowest BCUT2D eigenvalue weighted by atomic mass is 10.0. The molecule has 0 aromatic heterocycles. The average Bonchev–Trinajstić information content (AvgIpc) is 2.00. The SMILES string of the molecule is C=C(C=CC(C)C)NC(C)(C)CC. The molecule has 1 heteroatoms. The van der Waals surface area contributed by atoms with Crippen LogP contribution >= 0.6 is 0 Å². The molecular weight excluding hydrogens is 158 g/mol. The van der Waals surface area contributed by atoms with Crippen LogP contribution in [0.25, 0.3) is 0 Å². The highest BCUT2D eigenvalue weighted by atomic mass is 15.0. The van der Waals surface area contributed by atoms with Crippen LogP contribution in [0.15, 0.2) is 24.4 Å². The van der Waals surface area contributed by atoms with Gasteiger partial charge in [0, 0.05) is 11.2 Å². The Labute approximate surface area is 82.9 Å². The lowest BCUT2D eigenvalue weighted by Crippen LogP contribution is -2.36. The molecule has 0 radical (unpaired) electrons. The third-order valence-electron chi connectivity index (χ3n) is 2.07. The van der Waals surface area contributed by atoms with Gasteiger partial charge in [-0.15, -0.1) is 0 Å². The summed E-state index contributed by atoms with van der Waals surface area (Å²) in [4.78, 5) is 0. The zero-order valence-corrected chi connectivity index (χ0v) is 9.65. The Morgan fingerprint density at radius 3 is 2.38 bits per heavy atom. The van der Waals surface area contributed by atoms with Crippen LogP contribution in [0.4, 0.5) is 0 Å². The first-order valence-electron chi connectivity index (χ1n) is 5.02. The fraction of sp³-hybridized carbons (Fsp3) is 0.667. The lowest BCUT2D eigenvalue weighted by molar-refractivity contribution is 0.419. The maximum absolute atomic E-state index is 3.96. The van der Waals surface area contributed by atoms with Gasteiger partial charge in [0.05, 0.1) is 0 Å². The molecule has 0 aromatic rings. The monoisotopic (exact) mass is 181 g/mol. The summed E-state index contributed by atoms with van der Waals surface area (Å²) >= 11 is 0. The molecule has 1 N–H and O–H groups in total. The van der Waals surface area contributed by atoms with E-state index in [0.29, 0.717) is 5.92 Å². The predicted molar refractivity (Wildman–Crippen MR) is 60.6 cm³/mol. The van der Waals surface area contributed by atoms with Crippen molar-refractivity contribution in [2.24, 2.45) is 5.92 Å². The lowest BCUT2D eigenvalue weighted by Gasteiger charge is -2.26. The Morgan fingerprint density at radius 1 is 1.46 bits per heavy atom. The van der Waals surface area contributed by atoms with Gasteiger partial charge in [-0.3, -0.25) is 0 Å². The first-order chi connectivity index (χ1) is 5.87. The van der Waals surface area contributed by atoms with E-state index in [1.807, 2.05) is 0 Å². The van der Waals surface area contributed by atoms with Crippen LogP contribution in [0.2, 0.25) is 0 Å². The molecule has 0 heterocycles. The summed E-state index contributed by atoms with van der Waals surface area (Å²) in [5.74, 6) is 0.586. The van der Waals surface area contributed by atoms with Crippen molar-refractivity contribution >= 4 is 0 Å². The van der Waals surface area contributed by atoms with Crippen LogP contribution in [0.1, 0.15) is 41.0 Å². The summed E-state index contributed by atoms with van der Waals surface area (Å²) in [5, 5.41) is 3.38. The maximum Gasteiger partial charge on any atom is 0.0314 e. The van der Waals surface area contributed by atoms with E-state index in [0.717, 1.165) is 12.1 Å². The fourth-order valence-electron chi connectivity index (χ4n) is 0.873. The quantitative estimate of drug-likeness (QED) is 0.640. The minimum Gasteiger partial charge on any atom is -0.381 e. The van der Waals surface area contributed by atoms with Crippen LogP contribution in [0, 0.1) is 5.92 Å². The third kappa shape index (κ3) is 6.44. The second-order valence-electron chi connectivity index (χ2n) is 4.49. The van der Waals surface area contributed by atoms with Gasteiger partial charge >= 0.3 is 0 Å². The van der Waals surface area contributed by atoms with Crippen molar-refractivity contribution < 1.29 is 0 Å². The molecule has 0 aliphatic heterocycles. The van der Waals surface area contributed by atoms with Crippen molar-refractivity contribution in [1.29, 1.82) is 0 Å². The molecule has 0 bridgehead atoms. The van der Waals surface area contributed by atoms with Crippen LogP contribution in [0.3, 0.4) is 0 Å². The largest absolute Gasteiger partial charge is 0.381 e. The number of nitrogens with one attached hydrogen (secondary N) is 1. The van der Waals surface area contributed by atoms with Gasteiger partial charge in [-0.2, -0.15) is 0 Å². The molecule has 0 fully saturated rings. The molecule has 0 rings (SSSR count). The molecule has 0 unspecified atom stereocenters. The number of allylic oxidation sites excluding steroid dienone is 2. The molecule has 0 saturated carbocycles. The summed E-state index contributed by atoms with van der Waals surface area (Å²) < 4.78 is 0. The molecule has 0 aromatic carbocycles. The molecule has 13 heavy (non-hydrogen) atoms. The van der Waals surface area contributed by atoms with Crippen LogP contribution in [-0.4, -0.2) is 5.54 Å². The number of hydrogen-bond donors (Lipinski definition) is 1. The number of hydrogen-bond acceptors (Lipinski definition) is 1. The van der Waals surface area contributed by atoms with Crippen LogP contribution in [0.5, 0.6) is 0 Å². The molecule has 0 spiro atoms. The van der Waals surface area contributed by atoms with Gasteiger partial charge in [0.25, 0.3) is 0 Å². The molecule has 1 nitrogen and oxygen atoms in total. The van der Waals surface area contributed by atoms with E-state index in [-0.39, 0.29) is 5.54 Å². The summed E-state index contributed by atoms with van der Waals surface area (Å²) in [6.45, 7) is 14.8. The maximum atomic E-state index is 3.96. The van der Waals surface area contributed by atoms with Gasteiger partial charge in [0.2, 0.25) is 0 Å². The predicted octanol–water partition coefficient (Wildman–Crippen LogP) is 3.49. The van der Waals surface area contributed by atoms with Gasteiger partial charge in [-0.25, -0.2) is 0 Å². The molecule has 0 aliphatic rings. The highest BCUT2D eigenvalue weighted by Gasteiger charge is 2.13. The van der Waals surface area contributed by atoms with Crippen molar-refractivity contribution in [3.8, 4) is 0 Å². The van der Waals surface area contributed by atoms with E-state index >= 15 is 0 Å². The Morgan fingerprint density at radius 2 is 2.00 bits per heavy atom. The molecule has 0 atom stereocenters. The molecule has 0 aliphatic carbocycles. The fourth-order valence-corrected chi connectivity index (χ4v) is 0.873. The Hall–Kier alpha value is -0.720. The summed E-state index contributed by atoms with van der Waals surface area (Å²) in [6, 6.07) is 0. The zero-order chi connectivity index (χ0) is 10.5. The first-order valence-corrected chi connectivity index (χ1v) is 5.02. The van der Waals surface area contributed by atoms with E-state index in [9.17, 15) is 0 Å². The number of rotatable bonds is 5. The zero-order valence-electron chi connectivity index (χ0n) is 9.65. The molecule has 0 amide bonds. The van der Waals surface area contributed by atoms with Crippen molar-refractivity contribution in [2.45, 2.75) is 46.6 Å². The van der Waals surface area contributed by atoms with Crippen molar-refractivity contribution in [3.63, 3.8) is 0 Å². The standard InChI is InChI=1S/C12H23N/c1-7-12(5,6)13-11(4)9-8-10(2)3/h8-10,13H,4,7H2,1-3,5-6H3. The smallest absolute Gasteiger partial charge is 0.0314 e. The Bertz CT molecular complexity index is 187. The minimum absolute atomic E-state index is 0.151. The summed E-state index contributed by atoms with van der Waals surface area (Å²) in [7, 11) is 0. The van der Waals surface area contributed by atoms with Crippen LogP contribution in [-0.2, 0) is 0 Å². The van der Waals surface area contributed by atoms with Gasteiger partial charge in [0.1, 0.15) is 0 Å². The second kappa shape index (κ2) is 5.11. The third-order valence-corrected chi connectivity index (χ3v) is 2.07. The average molecular weight is 181 g/mol. The summed E-state index contributed by atoms with van der Waals surface area (Å²) in [6.07, 6.45) is 5.31. The Kier molecular flexibility index (Phi) is 4.82. The van der Waals surface area contributed by atoms with E-state index in [1.165, 1.54) is 0 Å². The van der Waals surface area contributed by atoms with Gasteiger partial charge < -0.3 is 5.32 Å². The van der Waals surface area contributed by atoms with Crippen molar-refractivity contribution in [3.05, 3.63) is 24.4 Å². The van der Waals surface area contributed by atoms with Crippen LogP contribution < -0.4 is 5.32 Å². The molecular formula is C12H23N. The summed E-state index contributed by atoms with van der Waals surface area (Å²) in [5.41, 5.74) is 1.15. The second-order valence-corrected chi connectivity index (χ2v) is 4.49. The Balaban J connectivity index is 4.02. The van der Waals surface area contributed by atoms with Crippen molar-refractivity contribution in [2.75, 3.05) is 0 Å². The van der Waals surface area contributed by atoms with E-state index in [1.54, 1.807) is 0 Å². The topological polar surface area (TPSA) is 12.0 Å². The first kappa shape index (κ1) is 12.3. The van der Waals surface area contributed by atoms with E-state index in [4.69, 9.17) is 0 Å². The van der Waals surface area contributed by atoms with Gasteiger partial charge in [0.15, 0.2) is 0 Å². The van der Waals surface area contributed by atoms with Crippen molar-refractivity contribution in [1.82, 2.24) is 5.32 Å². The minimum atomic E-state index is 0.151. The van der Waals surface area contributed by atoms with Gasteiger partial charge in [-0.1, -0.05) is 33.4 Å². The highest BCUT2D eigenvalue weighted by molar-refractivity contribution is 5.14. The highest BCUT2D eigenvalue weighted by Crippen LogP contribution is 2.10. The van der Waals surface area contributed by atoms with E-state index < -0.39 is 0 Å². The molecule has 76 valence electrons.